The smallest absolute Gasteiger partial charge is 0.135 e. The van der Waals surface area contributed by atoms with Crippen LogP contribution in [-0.4, -0.2) is 9.13 Å². The molecule has 0 N–H and O–H groups in total. The minimum atomic E-state index is 0.963. The molecular weight excluding hydrogens is 476 g/mol. The van der Waals surface area contributed by atoms with E-state index in [0.717, 1.165) is 29.9 Å². The molecular formula is C36H24N2O. The second kappa shape index (κ2) is 7.75. The van der Waals surface area contributed by atoms with E-state index in [2.05, 4.69) is 130 Å². The molecule has 3 aromatic heterocycles. The first-order chi connectivity index (χ1) is 19.3. The zero-order chi connectivity index (χ0) is 25.5. The van der Waals surface area contributed by atoms with Gasteiger partial charge in [-0.2, -0.15) is 0 Å². The van der Waals surface area contributed by atoms with Crippen LogP contribution in [0.15, 0.2) is 120 Å². The van der Waals surface area contributed by atoms with Crippen molar-refractivity contribution >= 4 is 60.7 Å². The second-order valence-corrected chi connectivity index (χ2v) is 10.5. The fourth-order valence-electron chi connectivity index (χ4n) is 6.68. The molecule has 39 heavy (non-hydrogen) atoms. The third-order valence-electron chi connectivity index (χ3n) is 8.39. The highest BCUT2D eigenvalue weighted by Gasteiger charge is 2.19. The summed E-state index contributed by atoms with van der Waals surface area (Å²) in [5.41, 5.74) is 9.50. The lowest BCUT2D eigenvalue weighted by atomic mass is 10.0. The third kappa shape index (κ3) is 2.87. The summed E-state index contributed by atoms with van der Waals surface area (Å²) in [5, 5.41) is 6.29. The van der Waals surface area contributed by atoms with Crippen LogP contribution in [0.2, 0.25) is 0 Å². The van der Waals surface area contributed by atoms with Crippen molar-refractivity contribution in [3.05, 3.63) is 127 Å². The van der Waals surface area contributed by atoms with E-state index in [1.54, 1.807) is 0 Å². The van der Waals surface area contributed by atoms with Crippen molar-refractivity contribution in [1.29, 1.82) is 0 Å². The van der Waals surface area contributed by atoms with Gasteiger partial charge in [-0.1, -0.05) is 60.7 Å². The second-order valence-electron chi connectivity index (χ2n) is 10.5. The van der Waals surface area contributed by atoms with E-state index >= 15 is 0 Å². The van der Waals surface area contributed by atoms with Gasteiger partial charge in [0.05, 0.1) is 22.1 Å². The van der Waals surface area contributed by atoms with Gasteiger partial charge in [-0.3, -0.25) is 0 Å². The summed E-state index contributed by atoms with van der Waals surface area (Å²) < 4.78 is 11.0. The normalized spacial score (nSPS) is 13.3. The number of nitrogens with zero attached hydrogens (tertiary/aromatic N) is 2. The van der Waals surface area contributed by atoms with Gasteiger partial charge in [-0.05, 0) is 73.5 Å². The highest BCUT2D eigenvalue weighted by atomic mass is 16.3. The molecule has 5 aromatic carbocycles. The topological polar surface area (TPSA) is 23.0 Å². The van der Waals surface area contributed by atoms with Gasteiger partial charge in [0.15, 0.2) is 0 Å². The number of fused-ring (bicyclic) bond motifs is 9. The summed E-state index contributed by atoms with van der Waals surface area (Å²) in [7, 11) is 0. The van der Waals surface area contributed by atoms with Crippen LogP contribution < -0.4 is 0 Å². The monoisotopic (exact) mass is 500 g/mol. The van der Waals surface area contributed by atoms with Crippen molar-refractivity contribution in [2.75, 3.05) is 0 Å². The average Bonchev–Trinajstić information content (AvgIpc) is 3.64. The van der Waals surface area contributed by atoms with Crippen molar-refractivity contribution < 1.29 is 4.42 Å². The minimum Gasteiger partial charge on any atom is -0.456 e. The SMILES string of the molecule is C1=Cc2oc3ccc(-n4c5ccccc5c5cc(-n6c7ccccc7c7ccccc76)ccc54)cc3c2CC1. The number of hydrogen-bond acceptors (Lipinski definition) is 1. The van der Waals surface area contributed by atoms with Crippen molar-refractivity contribution in [3.63, 3.8) is 0 Å². The quantitative estimate of drug-likeness (QED) is 0.232. The van der Waals surface area contributed by atoms with Crippen LogP contribution in [0.5, 0.6) is 0 Å². The molecule has 9 rings (SSSR count). The molecule has 3 heterocycles. The molecule has 0 atom stereocenters. The number of para-hydroxylation sites is 3. The minimum absolute atomic E-state index is 0.963. The maximum absolute atomic E-state index is 6.17. The summed E-state index contributed by atoms with van der Waals surface area (Å²) in [6.07, 6.45) is 6.41. The highest BCUT2D eigenvalue weighted by Crippen LogP contribution is 2.38. The van der Waals surface area contributed by atoms with Gasteiger partial charge in [-0.15, -0.1) is 0 Å². The molecule has 0 bridgehead atoms. The lowest BCUT2D eigenvalue weighted by Crippen LogP contribution is -1.96. The number of allylic oxidation sites excluding steroid dienone is 1. The largest absolute Gasteiger partial charge is 0.456 e. The summed E-state index contributed by atoms with van der Waals surface area (Å²) in [6.45, 7) is 0. The van der Waals surface area contributed by atoms with Crippen molar-refractivity contribution in [2.24, 2.45) is 0 Å². The fourth-order valence-corrected chi connectivity index (χ4v) is 6.68. The van der Waals surface area contributed by atoms with E-state index in [4.69, 9.17) is 4.42 Å². The van der Waals surface area contributed by atoms with Gasteiger partial charge < -0.3 is 13.6 Å². The summed E-state index contributed by atoms with van der Waals surface area (Å²) in [5.74, 6) is 1.01. The Kier molecular flexibility index (Phi) is 4.17. The van der Waals surface area contributed by atoms with E-state index in [-0.39, 0.29) is 0 Å². The van der Waals surface area contributed by atoms with Gasteiger partial charge in [-0.25, -0.2) is 0 Å². The molecule has 0 amide bonds. The number of aromatic nitrogens is 2. The van der Waals surface area contributed by atoms with Crippen molar-refractivity contribution in [2.45, 2.75) is 12.8 Å². The maximum Gasteiger partial charge on any atom is 0.135 e. The first kappa shape index (κ1) is 21.0. The predicted molar refractivity (Wildman–Crippen MR) is 162 cm³/mol. The van der Waals surface area contributed by atoms with Gasteiger partial charge in [0, 0.05) is 43.9 Å². The molecule has 8 aromatic rings. The molecule has 0 aliphatic heterocycles. The van der Waals surface area contributed by atoms with Gasteiger partial charge in [0.25, 0.3) is 0 Å². The third-order valence-corrected chi connectivity index (χ3v) is 8.39. The fraction of sp³-hybridized carbons (Fsp3) is 0.0556. The number of hydrogen-bond donors (Lipinski definition) is 0. The van der Waals surface area contributed by atoms with Crippen LogP contribution in [0.25, 0.3) is 72.0 Å². The number of rotatable bonds is 2. The van der Waals surface area contributed by atoms with E-state index in [1.165, 1.54) is 60.2 Å². The van der Waals surface area contributed by atoms with Crippen LogP contribution in [0.1, 0.15) is 17.7 Å². The zero-order valence-corrected chi connectivity index (χ0v) is 21.3. The number of furan rings is 1. The molecule has 0 saturated heterocycles. The molecule has 1 aliphatic carbocycles. The molecule has 184 valence electrons. The molecule has 0 saturated carbocycles. The number of benzene rings is 5. The molecule has 0 unspecified atom stereocenters. The zero-order valence-electron chi connectivity index (χ0n) is 21.3. The summed E-state index contributed by atoms with van der Waals surface area (Å²) >= 11 is 0. The Bertz CT molecular complexity index is 2240. The van der Waals surface area contributed by atoms with Gasteiger partial charge in [0.2, 0.25) is 0 Å². The Labute approximate surface area is 224 Å². The summed E-state index contributed by atoms with van der Waals surface area (Å²) in [4.78, 5) is 0. The first-order valence-corrected chi connectivity index (χ1v) is 13.6. The van der Waals surface area contributed by atoms with Crippen LogP contribution in [0, 0.1) is 0 Å². The van der Waals surface area contributed by atoms with E-state index in [0.29, 0.717) is 0 Å². The lowest BCUT2D eigenvalue weighted by molar-refractivity contribution is 0.595. The van der Waals surface area contributed by atoms with Gasteiger partial charge in [0.1, 0.15) is 11.3 Å². The molecule has 0 radical (unpaired) electrons. The lowest BCUT2D eigenvalue weighted by Gasteiger charge is -2.11. The van der Waals surface area contributed by atoms with Gasteiger partial charge >= 0.3 is 0 Å². The predicted octanol–water partition coefficient (Wildman–Crippen LogP) is 9.59. The Hall–Kier alpha value is -5.02. The highest BCUT2D eigenvalue weighted by molar-refractivity contribution is 6.12. The molecule has 0 fully saturated rings. The number of aryl methyl sites for hydroxylation is 1. The molecule has 3 heteroatoms. The van der Waals surface area contributed by atoms with E-state index < -0.39 is 0 Å². The Morgan fingerprint density at radius 2 is 1.05 bits per heavy atom. The van der Waals surface area contributed by atoms with Crippen LogP contribution >= 0.6 is 0 Å². The van der Waals surface area contributed by atoms with Crippen LogP contribution in [0.4, 0.5) is 0 Å². The molecule has 0 spiro atoms. The average molecular weight is 501 g/mol. The first-order valence-electron chi connectivity index (χ1n) is 13.6. The van der Waals surface area contributed by atoms with Crippen molar-refractivity contribution in [1.82, 2.24) is 9.13 Å². The standard InChI is InChI=1S/C36H24N2O/c1-5-13-31-25(9-1)26-10-2-6-14-32(26)37(31)23-17-19-34-29(21-23)27-11-3-7-15-33(27)38(34)24-18-20-36-30(22-24)28-12-4-8-16-35(28)39-36/h1-3,5-11,13-22H,4,12H2. The Morgan fingerprint density at radius 1 is 0.513 bits per heavy atom. The Balaban J connectivity index is 1.32. The molecule has 1 aliphatic rings. The Morgan fingerprint density at radius 3 is 1.72 bits per heavy atom. The summed E-state index contributed by atoms with van der Waals surface area (Å²) in [6, 6.07) is 39.7. The van der Waals surface area contributed by atoms with E-state index in [9.17, 15) is 0 Å². The maximum atomic E-state index is 6.17. The van der Waals surface area contributed by atoms with Crippen LogP contribution in [-0.2, 0) is 6.42 Å². The molecule has 3 nitrogen and oxygen atoms in total. The van der Waals surface area contributed by atoms with Crippen molar-refractivity contribution in [3.8, 4) is 11.4 Å². The van der Waals surface area contributed by atoms with Crippen LogP contribution in [0.3, 0.4) is 0 Å². The van der Waals surface area contributed by atoms with E-state index in [1.807, 2.05) is 0 Å².